The van der Waals surface area contributed by atoms with E-state index in [1.54, 1.807) is 12.1 Å². The molecule has 0 spiro atoms. The fourth-order valence-corrected chi connectivity index (χ4v) is 3.98. The topological polar surface area (TPSA) is 57.2 Å². The summed E-state index contributed by atoms with van der Waals surface area (Å²) in [6.45, 7) is 3.80. The van der Waals surface area contributed by atoms with Crippen molar-refractivity contribution in [3.05, 3.63) is 64.1 Å². The van der Waals surface area contributed by atoms with E-state index in [-0.39, 0.29) is 12.0 Å². The molecule has 0 aliphatic carbocycles. The number of amidine groups is 1. The van der Waals surface area contributed by atoms with Crippen LogP contribution in [0, 0.1) is 0 Å². The molecule has 0 radical (unpaired) electrons. The van der Waals surface area contributed by atoms with E-state index >= 15 is 0 Å². The average molecular weight is 447 g/mol. The summed E-state index contributed by atoms with van der Waals surface area (Å²) in [4.78, 5) is 14.9. The lowest BCUT2D eigenvalue weighted by atomic mass is 10.1. The average Bonchev–Trinajstić information content (AvgIpc) is 3.19. The summed E-state index contributed by atoms with van der Waals surface area (Å²) >= 11 is 12.1. The van der Waals surface area contributed by atoms with Gasteiger partial charge in [0.25, 0.3) is 0 Å². The number of benzene rings is 2. The molecule has 6 nitrogen and oxygen atoms in total. The molecule has 1 N–H and O–H groups in total. The van der Waals surface area contributed by atoms with Crippen molar-refractivity contribution in [1.82, 2.24) is 10.2 Å². The molecule has 1 unspecified atom stereocenters. The van der Waals surface area contributed by atoms with Gasteiger partial charge in [-0.05, 0) is 23.8 Å². The number of halogens is 2. The number of carbonyl (C=O) groups is 1. The van der Waals surface area contributed by atoms with Gasteiger partial charge in [0.15, 0.2) is 0 Å². The summed E-state index contributed by atoms with van der Waals surface area (Å²) in [7, 11) is 0. The number of nitrogens with one attached hydrogen (secondary N) is 1. The molecular formula is C22H24Cl2N4O2. The number of amides is 1. The quantitative estimate of drug-likeness (QED) is 0.755. The van der Waals surface area contributed by atoms with Crippen molar-refractivity contribution in [3.63, 3.8) is 0 Å². The van der Waals surface area contributed by atoms with Gasteiger partial charge in [-0.1, -0.05) is 53.5 Å². The van der Waals surface area contributed by atoms with Crippen LogP contribution in [0.25, 0.3) is 0 Å². The first-order chi connectivity index (χ1) is 14.6. The first-order valence-electron chi connectivity index (χ1n) is 10.0. The molecular weight excluding hydrogens is 423 g/mol. The van der Waals surface area contributed by atoms with Gasteiger partial charge in [-0.25, -0.2) is 0 Å². The van der Waals surface area contributed by atoms with Crippen LogP contribution in [0.3, 0.4) is 0 Å². The van der Waals surface area contributed by atoms with Crippen LogP contribution in [0.2, 0.25) is 10.0 Å². The summed E-state index contributed by atoms with van der Waals surface area (Å²) in [5, 5.41) is 10.2. The Kier molecular flexibility index (Phi) is 6.89. The number of carbonyl (C=O) groups excluding carboxylic acids is 1. The summed E-state index contributed by atoms with van der Waals surface area (Å²) in [6, 6.07) is 15.7. The standard InChI is InChI=1S/C22H24Cl2N4O2/c23-19-7-6-17(12-20(19)24)28-9-8-21(26-28)25-22(29)13-18-15-27(10-11-30-18)14-16-4-2-1-3-5-16/h1-7,12,18H,8-11,13-15H2,(H,25,26,29). The van der Waals surface area contributed by atoms with Gasteiger partial charge < -0.3 is 10.1 Å². The highest BCUT2D eigenvalue weighted by atomic mass is 35.5. The normalized spacial score (nSPS) is 19.6. The monoisotopic (exact) mass is 446 g/mol. The number of nitrogens with zero attached hydrogens (tertiary/aromatic N) is 3. The van der Waals surface area contributed by atoms with Crippen LogP contribution >= 0.6 is 23.2 Å². The van der Waals surface area contributed by atoms with Gasteiger partial charge in [-0.3, -0.25) is 14.7 Å². The van der Waals surface area contributed by atoms with E-state index in [0.29, 0.717) is 41.9 Å². The Morgan fingerprint density at radius 2 is 1.97 bits per heavy atom. The maximum Gasteiger partial charge on any atom is 0.227 e. The highest BCUT2D eigenvalue weighted by molar-refractivity contribution is 6.42. The van der Waals surface area contributed by atoms with Gasteiger partial charge in [0, 0.05) is 32.6 Å². The Hall–Kier alpha value is -2.12. The molecule has 2 aliphatic rings. The first-order valence-corrected chi connectivity index (χ1v) is 10.8. The second-order valence-electron chi connectivity index (χ2n) is 7.48. The Balaban J connectivity index is 1.28. The maximum atomic E-state index is 12.5. The lowest BCUT2D eigenvalue weighted by Crippen LogP contribution is -2.44. The molecule has 0 saturated carbocycles. The third kappa shape index (κ3) is 5.52. The van der Waals surface area contributed by atoms with Crippen molar-refractivity contribution in [2.24, 2.45) is 5.10 Å². The largest absolute Gasteiger partial charge is 0.375 e. The highest BCUT2D eigenvalue weighted by Crippen LogP contribution is 2.28. The van der Waals surface area contributed by atoms with E-state index in [2.05, 4.69) is 27.5 Å². The van der Waals surface area contributed by atoms with Crippen LogP contribution in [-0.2, 0) is 16.1 Å². The minimum absolute atomic E-state index is 0.0729. The molecule has 2 aliphatic heterocycles. The lowest BCUT2D eigenvalue weighted by Gasteiger charge is -2.32. The van der Waals surface area contributed by atoms with E-state index in [1.165, 1.54) is 5.56 Å². The minimum Gasteiger partial charge on any atom is -0.375 e. The lowest BCUT2D eigenvalue weighted by molar-refractivity contribution is -0.124. The molecule has 0 bridgehead atoms. The third-order valence-corrected chi connectivity index (χ3v) is 5.91. The van der Waals surface area contributed by atoms with E-state index in [9.17, 15) is 4.79 Å². The fourth-order valence-electron chi connectivity index (χ4n) is 3.69. The predicted molar refractivity (Wildman–Crippen MR) is 120 cm³/mol. The second-order valence-corrected chi connectivity index (χ2v) is 8.30. The van der Waals surface area contributed by atoms with Crippen LogP contribution in [0.4, 0.5) is 5.69 Å². The molecule has 30 heavy (non-hydrogen) atoms. The molecule has 1 fully saturated rings. The fraction of sp³-hybridized carbons (Fsp3) is 0.364. The van der Waals surface area contributed by atoms with Crippen LogP contribution in [0.5, 0.6) is 0 Å². The minimum atomic E-state index is -0.115. The molecule has 8 heteroatoms. The molecule has 0 aromatic heterocycles. The van der Waals surface area contributed by atoms with Crippen molar-refractivity contribution in [2.45, 2.75) is 25.5 Å². The number of rotatable bonds is 5. The van der Waals surface area contributed by atoms with Gasteiger partial charge in [-0.15, -0.1) is 0 Å². The number of anilines is 1. The molecule has 2 heterocycles. The molecule has 2 aromatic carbocycles. The van der Waals surface area contributed by atoms with Crippen LogP contribution in [0.15, 0.2) is 53.6 Å². The number of hydrogen-bond donors (Lipinski definition) is 1. The highest BCUT2D eigenvalue weighted by Gasteiger charge is 2.25. The van der Waals surface area contributed by atoms with Crippen molar-refractivity contribution in [3.8, 4) is 0 Å². The number of hydrazone groups is 1. The predicted octanol–water partition coefficient (Wildman–Crippen LogP) is 3.92. The van der Waals surface area contributed by atoms with E-state index in [4.69, 9.17) is 27.9 Å². The molecule has 158 valence electrons. The first kappa shape index (κ1) is 21.1. The number of ether oxygens (including phenoxy) is 1. The Morgan fingerprint density at radius 1 is 1.13 bits per heavy atom. The zero-order chi connectivity index (χ0) is 20.9. The number of hydrogen-bond acceptors (Lipinski definition) is 5. The van der Waals surface area contributed by atoms with Gasteiger partial charge >= 0.3 is 0 Å². The Morgan fingerprint density at radius 3 is 2.77 bits per heavy atom. The smallest absolute Gasteiger partial charge is 0.227 e. The van der Waals surface area contributed by atoms with Crippen molar-refractivity contribution in [1.29, 1.82) is 0 Å². The Labute approximate surface area is 186 Å². The molecule has 1 amide bonds. The molecule has 2 aromatic rings. The van der Waals surface area contributed by atoms with Gasteiger partial charge in [0.1, 0.15) is 5.84 Å². The van der Waals surface area contributed by atoms with E-state index < -0.39 is 0 Å². The molecule has 4 rings (SSSR count). The van der Waals surface area contributed by atoms with Crippen molar-refractivity contribution >= 4 is 40.6 Å². The van der Waals surface area contributed by atoms with E-state index in [1.807, 2.05) is 29.3 Å². The van der Waals surface area contributed by atoms with Gasteiger partial charge in [0.05, 0.1) is 34.9 Å². The molecule has 1 atom stereocenters. The summed E-state index contributed by atoms with van der Waals surface area (Å²) in [5.74, 6) is 0.583. The van der Waals surface area contributed by atoms with Gasteiger partial charge in [-0.2, -0.15) is 5.10 Å². The summed E-state index contributed by atoms with van der Waals surface area (Å²) in [5.41, 5.74) is 2.12. The maximum absolute atomic E-state index is 12.5. The van der Waals surface area contributed by atoms with Crippen LogP contribution in [0.1, 0.15) is 18.4 Å². The van der Waals surface area contributed by atoms with Gasteiger partial charge in [0.2, 0.25) is 5.91 Å². The third-order valence-electron chi connectivity index (χ3n) is 5.17. The second kappa shape index (κ2) is 9.79. The number of morpholine rings is 1. The Bertz CT molecular complexity index is 923. The summed E-state index contributed by atoms with van der Waals surface area (Å²) in [6.07, 6.45) is 0.866. The SMILES string of the molecule is O=C(CC1CN(Cc2ccccc2)CCO1)NC1=NN(c2ccc(Cl)c(Cl)c2)CC1. The van der Waals surface area contributed by atoms with Crippen LogP contribution in [-0.4, -0.2) is 49.0 Å². The van der Waals surface area contributed by atoms with Crippen molar-refractivity contribution in [2.75, 3.05) is 31.3 Å². The van der Waals surface area contributed by atoms with Crippen molar-refractivity contribution < 1.29 is 9.53 Å². The zero-order valence-electron chi connectivity index (χ0n) is 16.6. The molecule has 1 saturated heterocycles. The summed E-state index contributed by atoms with van der Waals surface area (Å²) < 4.78 is 5.82. The van der Waals surface area contributed by atoms with Crippen LogP contribution < -0.4 is 10.3 Å². The zero-order valence-corrected chi connectivity index (χ0v) is 18.1. The van der Waals surface area contributed by atoms with E-state index in [0.717, 1.165) is 25.3 Å².